The van der Waals surface area contributed by atoms with Crippen molar-refractivity contribution in [2.45, 2.75) is 52.4 Å². The van der Waals surface area contributed by atoms with E-state index in [2.05, 4.69) is 19.0 Å². The number of ether oxygens (including phenoxy) is 1. The number of oxime groups is 1. The van der Waals surface area contributed by atoms with Gasteiger partial charge in [0.05, 0.1) is 6.21 Å². The molecule has 0 bridgehead atoms. The maximum atomic E-state index is 9.04. The third-order valence-electron chi connectivity index (χ3n) is 2.92. The first-order chi connectivity index (χ1) is 10.3. The van der Waals surface area contributed by atoms with Crippen LogP contribution in [0.2, 0.25) is 0 Å². The monoisotopic (exact) mass is 295 g/mol. The Balaban J connectivity index is 0.000000382. The van der Waals surface area contributed by atoms with Crippen LogP contribution < -0.4 is 0 Å². The van der Waals surface area contributed by atoms with Crippen molar-refractivity contribution in [2.24, 2.45) is 5.16 Å². The van der Waals surface area contributed by atoms with E-state index in [1.807, 2.05) is 0 Å². The van der Waals surface area contributed by atoms with Gasteiger partial charge in [-0.3, -0.25) is 0 Å². The molecule has 1 rings (SSSR count). The van der Waals surface area contributed by atoms with Crippen LogP contribution in [0.5, 0.6) is 5.75 Å². The third kappa shape index (κ3) is 11.9. The van der Waals surface area contributed by atoms with Crippen molar-refractivity contribution >= 4 is 6.21 Å². The van der Waals surface area contributed by atoms with Gasteiger partial charge in [0, 0.05) is 18.8 Å². The summed E-state index contributed by atoms with van der Waals surface area (Å²) in [5.74, 6) is 0.111. The Kier molecular flexibility index (Phi) is 13.8. The first-order valence-electron chi connectivity index (χ1n) is 7.79. The van der Waals surface area contributed by atoms with Crippen LogP contribution in [0.4, 0.5) is 0 Å². The largest absolute Gasteiger partial charge is 0.507 e. The van der Waals surface area contributed by atoms with E-state index in [0.717, 1.165) is 13.2 Å². The highest BCUT2D eigenvalue weighted by molar-refractivity contribution is 5.82. The van der Waals surface area contributed by atoms with E-state index in [4.69, 9.17) is 15.1 Å². The van der Waals surface area contributed by atoms with Crippen molar-refractivity contribution in [3.8, 4) is 5.75 Å². The molecule has 0 aliphatic carbocycles. The number of rotatable bonds is 9. The van der Waals surface area contributed by atoms with E-state index in [0.29, 0.717) is 5.56 Å². The molecule has 0 amide bonds. The minimum Gasteiger partial charge on any atom is -0.507 e. The molecule has 4 heteroatoms. The number of benzene rings is 1. The Morgan fingerprint density at radius 3 is 2.05 bits per heavy atom. The van der Waals surface area contributed by atoms with Crippen molar-refractivity contribution < 1.29 is 15.1 Å². The number of phenols is 1. The molecule has 1 aromatic carbocycles. The number of hydrogen-bond donors (Lipinski definition) is 2. The molecule has 4 nitrogen and oxygen atoms in total. The molecule has 0 radical (unpaired) electrons. The second kappa shape index (κ2) is 14.9. The number of aromatic hydroxyl groups is 1. The Morgan fingerprint density at radius 1 is 1.00 bits per heavy atom. The predicted molar refractivity (Wildman–Crippen MR) is 87.4 cm³/mol. The van der Waals surface area contributed by atoms with Crippen LogP contribution in [0.15, 0.2) is 29.4 Å². The minimum absolute atomic E-state index is 0.111. The van der Waals surface area contributed by atoms with Crippen LogP contribution in [-0.2, 0) is 4.74 Å². The molecule has 0 spiro atoms. The summed E-state index contributed by atoms with van der Waals surface area (Å²) in [6.45, 7) is 6.38. The van der Waals surface area contributed by atoms with Crippen molar-refractivity contribution in [2.75, 3.05) is 13.2 Å². The average Bonchev–Trinajstić information content (AvgIpc) is 2.50. The molecule has 2 N–H and O–H groups in total. The van der Waals surface area contributed by atoms with Crippen LogP contribution in [0.3, 0.4) is 0 Å². The lowest BCUT2D eigenvalue weighted by Crippen LogP contribution is -1.96. The van der Waals surface area contributed by atoms with Gasteiger partial charge in [0.2, 0.25) is 0 Å². The molecule has 120 valence electrons. The normalized spacial score (nSPS) is 10.4. The van der Waals surface area contributed by atoms with Crippen LogP contribution >= 0.6 is 0 Å². The fraction of sp³-hybridized carbons (Fsp3) is 0.588. The van der Waals surface area contributed by atoms with Crippen molar-refractivity contribution in [3.05, 3.63) is 29.8 Å². The summed E-state index contributed by atoms with van der Waals surface area (Å²) in [5, 5.41) is 19.9. The van der Waals surface area contributed by atoms with Gasteiger partial charge in [-0.05, 0) is 25.0 Å². The molecule has 0 unspecified atom stereocenters. The summed E-state index contributed by atoms with van der Waals surface area (Å²) >= 11 is 0. The number of para-hydroxylation sites is 1. The molecular weight excluding hydrogens is 266 g/mol. The van der Waals surface area contributed by atoms with Crippen LogP contribution in [0, 0.1) is 0 Å². The summed E-state index contributed by atoms with van der Waals surface area (Å²) in [6, 6.07) is 6.62. The molecule has 0 heterocycles. The van der Waals surface area contributed by atoms with Gasteiger partial charge in [-0.15, -0.1) is 0 Å². The lowest BCUT2D eigenvalue weighted by molar-refractivity contribution is 0.126. The molecular formula is C17H29NO3. The molecule has 1 aromatic rings. The topological polar surface area (TPSA) is 62.0 Å². The van der Waals surface area contributed by atoms with Crippen LogP contribution in [-0.4, -0.2) is 29.7 Å². The SMILES string of the molecule is CCCCCOCCCCC.ON=Cc1ccccc1O. The molecule has 0 saturated heterocycles. The summed E-state index contributed by atoms with van der Waals surface area (Å²) in [6.07, 6.45) is 8.86. The van der Waals surface area contributed by atoms with Crippen molar-refractivity contribution in [1.29, 1.82) is 0 Å². The first-order valence-corrected chi connectivity index (χ1v) is 7.79. The number of unbranched alkanes of at least 4 members (excludes halogenated alkanes) is 4. The Morgan fingerprint density at radius 2 is 1.57 bits per heavy atom. The third-order valence-corrected chi connectivity index (χ3v) is 2.92. The molecule has 0 aromatic heterocycles. The molecule has 0 aliphatic rings. The molecule has 0 aliphatic heterocycles. The lowest BCUT2D eigenvalue weighted by Gasteiger charge is -2.01. The van der Waals surface area contributed by atoms with Crippen molar-refractivity contribution in [1.82, 2.24) is 0 Å². The average molecular weight is 295 g/mol. The lowest BCUT2D eigenvalue weighted by atomic mass is 10.2. The number of nitrogens with zero attached hydrogens (tertiary/aromatic N) is 1. The second-order valence-electron chi connectivity index (χ2n) is 4.83. The minimum atomic E-state index is 0.111. The summed E-state index contributed by atoms with van der Waals surface area (Å²) in [5.41, 5.74) is 0.505. The van der Waals surface area contributed by atoms with Gasteiger partial charge in [-0.1, -0.05) is 56.8 Å². The fourth-order valence-electron chi connectivity index (χ4n) is 1.67. The Hall–Kier alpha value is -1.55. The zero-order chi connectivity index (χ0) is 15.8. The van der Waals surface area contributed by atoms with Gasteiger partial charge in [-0.2, -0.15) is 0 Å². The summed E-state index contributed by atoms with van der Waals surface area (Å²) < 4.78 is 5.44. The fourth-order valence-corrected chi connectivity index (χ4v) is 1.67. The van der Waals surface area contributed by atoms with Gasteiger partial charge >= 0.3 is 0 Å². The first kappa shape index (κ1) is 19.4. The highest BCUT2D eigenvalue weighted by Gasteiger charge is 1.92. The maximum Gasteiger partial charge on any atom is 0.124 e. The quantitative estimate of drug-likeness (QED) is 0.303. The van der Waals surface area contributed by atoms with Gasteiger partial charge in [0.25, 0.3) is 0 Å². The summed E-state index contributed by atoms with van der Waals surface area (Å²) in [4.78, 5) is 0. The van der Waals surface area contributed by atoms with Gasteiger partial charge < -0.3 is 15.1 Å². The highest BCUT2D eigenvalue weighted by Crippen LogP contribution is 2.12. The zero-order valence-corrected chi connectivity index (χ0v) is 13.3. The Labute approximate surface area is 128 Å². The number of hydrogen-bond acceptors (Lipinski definition) is 4. The number of phenolic OH excluding ortho intramolecular Hbond substituents is 1. The van der Waals surface area contributed by atoms with Gasteiger partial charge in [-0.25, -0.2) is 0 Å². The zero-order valence-electron chi connectivity index (χ0n) is 13.3. The maximum absolute atomic E-state index is 9.04. The smallest absolute Gasteiger partial charge is 0.124 e. The molecule has 21 heavy (non-hydrogen) atoms. The van der Waals surface area contributed by atoms with E-state index in [9.17, 15) is 0 Å². The van der Waals surface area contributed by atoms with E-state index >= 15 is 0 Å². The summed E-state index contributed by atoms with van der Waals surface area (Å²) in [7, 11) is 0. The van der Waals surface area contributed by atoms with Crippen LogP contribution in [0.1, 0.15) is 57.9 Å². The van der Waals surface area contributed by atoms with E-state index in [1.165, 1.54) is 50.8 Å². The van der Waals surface area contributed by atoms with E-state index in [1.54, 1.807) is 18.2 Å². The standard InChI is InChI=1S/C10H22O.C7H7NO2/c1-3-5-7-9-11-10-8-6-4-2;9-7-4-2-1-3-6(7)5-8-10/h3-10H2,1-2H3;1-5,9-10H. The van der Waals surface area contributed by atoms with Gasteiger partial charge in [0.1, 0.15) is 5.75 Å². The predicted octanol–water partition coefficient (Wildman–Crippen LogP) is 4.58. The molecule has 0 atom stereocenters. The van der Waals surface area contributed by atoms with E-state index < -0.39 is 0 Å². The molecule has 0 fully saturated rings. The Bertz CT molecular complexity index is 359. The highest BCUT2D eigenvalue weighted by atomic mass is 16.5. The molecule has 0 saturated carbocycles. The van der Waals surface area contributed by atoms with E-state index in [-0.39, 0.29) is 5.75 Å². The van der Waals surface area contributed by atoms with Gasteiger partial charge in [0.15, 0.2) is 0 Å². The second-order valence-corrected chi connectivity index (χ2v) is 4.83. The van der Waals surface area contributed by atoms with Crippen LogP contribution in [0.25, 0.3) is 0 Å². The van der Waals surface area contributed by atoms with Crippen molar-refractivity contribution in [3.63, 3.8) is 0 Å².